The third kappa shape index (κ3) is 5.35. The highest BCUT2D eigenvalue weighted by molar-refractivity contribution is 6.43. The van der Waals surface area contributed by atoms with E-state index in [-0.39, 0.29) is 22.8 Å². The Hall–Kier alpha value is -2.61. The Bertz CT molecular complexity index is 1300. The highest BCUT2D eigenvalue weighted by atomic mass is 35.5. The number of halogens is 2. The van der Waals surface area contributed by atoms with Gasteiger partial charge in [-0.05, 0) is 57.5 Å². The average Bonchev–Trinajstić information content (AvgIpc) is 3.27. The van der Waals surface area contributed by atoms with Gasteiger partial charge in [0, 0.05) is 38.8 Å². The van der Waals surface area contributed by atoms with Crippen LogP contribution in [0.15, 0.2) is 42.5 Å². The van der Waals surface area contributed by atoms with E-state index >= 15 is 0 Å². The van der Waals surface area contributed by atoms with Crippen molar-refractivity contribution in [3.05, 3.63) is 63.9 Å². The van der Waals surface area contributed by atoms with Crippen LogP contribution in [0.2, 0.25) is 10.0 Å². The van der Waals surface area contributed by atoms with Crippen LogP contribution in [0.5, 0.6) is 0 Å². The molecule has 2 aromatic carbocycles. The molecule has 0 spiro atoms. The number of amides is 2. The van der Waals surface area contributed by atoms with Crippen LogP contribution in [-0.4, -0.2) is 75.3 Å². The van der Waals surface area contributed by atoms with Crippen molar-refractivity contribution in [1.29, 1.82) is 0 Å². The van der Waals surface area contributed by atoms with Crippen molar-refractivity contribution in [2.75, 3.05) is 39.3 Å². The number of fused-ring (bicyclic) bond motifs is 1. The van der Waals surface area contributed by atoms with Gasteiger partial charge in [0.05, 0.1) is 39.1 Å². The molecule has 0 saturated carbocycles. The predicted octanol–water partition coefficient (Wildman–Crippen LogP) is 5.12. The molecule has 37 heavy (non-hydrogen) atoms. The normalized spacial score (nSPS) is 19.1. The highest BCUT2D eigenvalue weighted by Gasteiger charge is 2.33. The van der Waals surface area contributed by atoms with Gasteiger partial charge in [-0.25, -0.2) is 4.98 Å². The van der Waals surface area contributed by atoms with Gasteiger partial charge in [-0.15, -0.1) is 0 Å². The Morgan fingerprint density at radius 3 is 2.46 bits per heavy atom. The van der Waals surface area contributed by atoms with Crippen molar-refractivity contribution >= 4 is 46.0 Å². The minimum Gasteiger partial charge on any atom is -0.339 e. The monoisotopic (exact) mass is 541 g/mol. The van der Waals surface area contributed by atoms with E-state index in [2.05, 4.69) is 41.5 Å². The number of para-hydroxylation sites is 2. The predicted molar refractivity (Wildman–Crippen MR) is 147 cm³/mol. The summed E-state index contributed by atoms with van der Waals surface area (Å²) in [5, 5.41) is 0.646. The molecule has 2 aliphatic heterocycles. The number of aromatic nitrogens is 2. The summed E-state index contributed by atoms with van der Waals surface area (Å²) >= 11 is 12.3. The zero-order chi connectivity index (χ0) is 26.1. The number of likely N-dealkylation sites (tertiary alicyclic amines) is 1. The Balaban J connectivity index is 1.20. The van der Waals surface area contributed by atoms with Gasteiger partial charge in [0.2, 0.25) is 5.91 Å². The summed E-state index contributed by atoms with van der Waals surface area (Å²) in [5.74, 6) is 1.07. The average molecular weight is 543 g/mol. The standard InChI is InChI=1S/C28H33Cl2N5O2/c1-19(2)35-24-11-4-3-10-23(24)31-25(35)18-32-12-6-7-20(17-32)27(36)33-13-15-34(16-14-33)28(37)21-8-5-9-22(29)26(21)30/h3-5,8-11,19-20H,6-7,12-18H2,1-2H3/t20-/m1/s1. The van der Waals surface area contributed by atoms with Crippen LogP contribution in [-0.2, 0) is 11.3 Å². The Labute approximate surface area is 227 Å². The second-order valence-electron chi connectivity index (χ2n) is 10.3. The van der Waals surface area contributed by atoms with E-state index in [0.717, 1.165) is 49.3 Å². The SMILES string of the molecule is CC(C)n1c(CN2CCC[C@@H](C(=O)N3CCN(C(=O)c4cccc(Cl)c4Cl)CC3)C2)nc2ccccc21. The van der Waals surface area contributed by atoms with Gasteiger partial charge < -0.3 is 14.4 Å². The molecule has 0 N–H and O–H groups in total. The molecular formula is C28H33Cl2N5O2. The number of hydrogen-bond acceptors (Lipinski definition) is 4. The molecular weight excluding hydrogens is 509 g/mol. The second-order valence-corrected chi connectivity index (χ2v) is 11.1. The molecule has 2 saturated heterocycles. The second kappa shape index (κ2) is 11.0. The van der Waals surface area contributed by atoms with Crippen molar-refractivity contribution in [3.8, 4) is 0 Å². The van der Waals surface area contributed by atoms with Gasteiger partial charge in [0.15, 0.2) is 0 Å². The van der Waals surface area contributed by atoms with Crippen LogP contribution in [0.3, 0.4) is 0 Å². The maximum Gasteiger partial charge on any atom is 0.255 e. The van der Waals surface area contributed by atoms with Crippen LogP contribution >= 0.6 is 23.2 Å². The Morgan fingerprint density at radius 2 is 1.70 bits per heavy atom. The van der Waals surface area contributed by atoms with E-state index in [0.29, 0.717) is 42.8 Å². The Kier molecular flexibility index (Phi) is 7.75. The third-order valence-electron chi connectivity index (χ3n) is 7.47. The minimum atomic E-state index is -0.142. The number of benzene rings is 2. The summed E-state index contributed by atoms with van der Waals surface area (Å²) in [5.41, 5.74) is 2.58. The molecule has 1 atom stereocenters. The molecule has 5 rings (SSSR count). The molecule has 2 fully saturated rings. The van der Waals surface area contributed by atoms with Crippen molar-refractivity contribution in [2.45, 2.75) is 39.3 Å². The lowest BCUT2D eigenvalue weighted by Gasteiger charge is -2.39. The number of piperidine rings is 1. The molecule has 2 amide bonds. The number of piperazine rings is 1. The lowest BCUT2D eigenvalue weighted by Crippen LogP contribution is -2.53. The first kappa shape index (κ1) is 26.0. The van der Waals surface area contributed by atoms with E-state index in [9.17, 15) is 9.59 Å². The molecule has 2 aliphatic rings. The molecule has 1 aromatic heterocycles. The number of imidazole rings is 1. The number of nitrogens with zero attached hydrogens (tertiary/aromatic N) is 5. The van der Waals surface area contributed by atoms with Gasteiger partial charge in [-0.3, -0.25) is 14.5 Å². The van der Waals surface area contributed by atoms with E-state index in [1.807, 2.05) is 11.0 Å². The zero-order valence-electron chi connectivity index (χ0n) is 21.4. The maximum absolute atomic E-state index is 13.4. The Morgan fingerprint density at radius 1 is 0.973 bits per heavy atom. The van der Waals surface area contributed by atoms with E-state index in [4.69, 9.17) is 28.2 Å². The number of hydrogen-bond donors (Lipinski definition) is 0. The fourth-order valence-corrected chi connectivity index (χ4v) is 5.99. The van der Waals surface area contributed by atoms with E-state index in [1.54, 1.807) is 23.1 Å². The molecule has 196 valence electrons. The van der Waals surface area contributed by atoms with Crippen LogP contribution in [0.25, 0.3) is 11.0 Å². The fraction of sp³-hybridized carbons (Fsp3) is 0.464. The van der Waals surface area contributed by atoms with Gasteiger partial charge in [-0.1, -0.05) is 41.4 Å². The number of rotatable bonds is 5. The van der Waals surface area contributed by atoms with Crippen molar-refractivity contribution in [1.82, 2.24) is 24.3 Å². The summed E-state index contributed by atoms with van der Waals surface area (Å²) in [4.78, 5) is 37.4. The first-order valence-corrected chi connectivity index (χ1v) is 13.8. The topological polar surface area (TPSA) is 61.7 Å². The summed E-state index contributed by atoms with van der Waals surface area (Å²) in [6, 6.07) is 13.7. The molecule has 9 heteroatoms. The number of carbonyl (C=O) groups is 2. The quantitative estimate of drug-likeness (QED) is 0.449. The van der Waals surface area contributed by atoms with Crippen LogP contribution in [0, 0.1) is 5.92 Å². The maximum atomic E-state index is 13.4. The largest absolute Gasteiger partial charge is 0.339 e. The molecule has 3 heterocycles. The highest BCUT2D eigenvalue weighted by Crippen LogP contribution is 2.28. The lowest BCUT2D eigenvalue weighted by molar-refractivity contribution is -0.139. The smallest absolute Gasteiger partial charge is 0.255 e. The summed E-state index contributed by atoms with van der Waals surface area (Å²) in [6.07, 6.45) is 1.89. The van der Waals surface area contributed by atoms with E-state index < -0.39 is 0 Å². The molecule has 0 aliphatic carbocycles. The molecule has 0 bridgehead atoms. The van der Waals surface area contributed by atoms with E-state index in [1.165, 1.54) is 0 Å². The van der Waals surface area contributed by atoms with Gasteiger partial charge >= 0.3 is 0 Å². The van der Waals surface area contributed by atoms with Crippen molar-refractivity contribution in [2.24, 2.45) is 5.92 Å². The number of carbonyl (C=O) groups excluding carboxylic acids is 2. The third-order valence-corrected chi connectivity index (χ3v) is 8.28. The summed E-state index contributed by atoms with van der Waals surface area (Å²) in [6.45, 7) is 8.84. The first-order valence-electron chi connectivity index (χ1n) is 13.0. The molecule has 0 unspecified atom stereocenters. The molecule has 3 aromatic rings. The molecule has 0 radical (unpaired) electrons. The van der Waals surface area contributed by atoms with Gasteiger partial charge in [0.1, 0.15) is 5.82 Å². The van der Waals surface area contributed by atoms with Crippen molar-refractivity contribution < 1.29 is 9.59 Å². The lowest BCUT2D eigenvalue weighted by atomic mass is 9.96. The van der Waals surface area contributed by atoms with Gasteiger partial charge in [0.25, 0.3) is 5.91 Å². The summed E-state index contributed by atoms with van der Waals surface area (Å²) < 4.78 is 2.31. The first-order chi connectivity index (χ1) is 17.8. The van der Waals surface area contributed by atoms with Crippen LogP contribution in [0.4, 0.5) is 0 Å². The van der Waals surface area contributed by atoms with Gasteiger partial charge in [-0.2, -0.15) is 0 Å². The zero-order valence-corrected chi connectivity index (χ0v) is 22.9. The van der Waals surface area contributed by atoms with Crippen molar-refractivity contribution in [3.63, 3.8) is 0 Å². The van der Waals surface area contributed by atoms with Crippen LogP contribution < -0.4 is 0 Å². The minimum absolute atomic E-state index is 0.0322. The van der Waals surface area contributed by atoms with Crippen LogP contribution in [0.1, 0.15) is 48.9 Å². The molecule has 7 nitrogen and oxygen atoms in total. The summed E-state index contributed by atoms with van der Waals surface area (Å²) in [7, 11) is 0. The fourth-order valence-electron chi connectivity index (χ4n) is 5.61.